The molecule has 0 radical (unpaired) electrons. The van der Waals surface area contributed by atoms with Crippen LogP contribution in [0.25, 0.3) is 0 Å². The lowest BCUT2D eigenvalue weighted by Gasteiger charge is -2.39. The second-order valence-electron chi connectivity index (χ2n) is 7.35. The first kappa shape index (κ1) is 21.7. The van der Waals surface area contributed by atoms with Gasteiger partial charge in [-0.15, -0.1) is 0 Å². The lowest BCUT2D eigenvalue weighted by Crippen LogP contribution is -2.55. The Balaban J connectivity index is 2.10. The highest BCUT2D eigenvalue weighted by Gasteiger charge is 2.37. The van der Waals surface area contributed by atoms with Crippen molar-refractivity contribution in [2.45, 2.75) is 65.1 Å². The van der Waals surface area contributed by atoms with E-state index in [2.05, 4.69) is 0 Å². The van der Waals surface area contributed by atoms with Gasteiger partial charge in [-0.2, -0.15) is 0 Å². The molecule has 1 aromatic rings. The van der Waals surface area contributed by atoms with Crippen LogP contribution in [0.4, 0.5) is 4.79 Å². The summed E-state index contributed by atoms with van der Waals surface area (Å²) >= 11 is 0. The molecule has 0 saturated carbocycles. The summed E-state index contributed by atoms with van der Waals surface area (Å²) in [7, 11) is 0. The van der Waals surface area contributed by atoms with Gasteiger partial charge in [0.1, 0.15) is 6.04 Å². The minimum Gasteiger partial charge on any atom is -0.480 e. The molecule has 2 amide bonds. The van der Waals surface area contributed by atoms with Gasteiger partial charge in [-0.3, -0.25) is 4.79 Å². The molecule has 1 aliphatic heterocycles. The quantitative estimate of drug-likeness (QED) is 0.544. The number of hydrogen-bond acceptors (Lipinski definition) is 4. The molecule has 1 heterocycles. The molecule has 1 N–H and O–H groups in total. The molecular formula is C21H30N2O5. The Morgan fingerprint density at radius 2 is 1.93 bits per heavy atom. The fourth-order valence-corrected chi connectivity index (χ4v) is 3.30. The Morgan fingerprint density at radius 1 is 1.25 bits per heavy atom. The molecule has 0 aromatic heterocycles. The largest absolute Gasteiger partial charge is 0.480 e. The molecule has 1 aromatic carbocycles. The van der Waals surface area contributed by atoms with E-state index in [0.717, 1.165) is 24.0 Å². The number of urea groups is 1. The molecule has 7 nitrogen and oxygen atoms in total. The van der Waals surface area contributed by atoms with E-state index < -0.39 is 12.0 Å². The van der Waals surface area contributed by atoms with Crippen LogP contribution in [0.15, 0.2) is 24.3 Å². The molecular weight excluding hydrogens is 360 g/mol. The number of carboxylic acids is 1. The smallest absolute Gasteiger partial charge is 0.326 e. The van der Waals surface area contributed by atoms with Crippen LogP contribution in [0.1, 0.15) is 51.2 Å². The fraction of sp³-hybridized carbons (Fsp3) is 0.571. The first-order valence-corrected chi connectivity index (χ1v) is 9.87. The topological polar surface area (TPSA) is 87.2 Å². The van der Waals surface area contributed by atoms with Gasteiger partial charge in [0, 0.05) is 25.6 Å². The fourth-order valence-electron chi connectivity index (χ4n) is 3.30. The van der Waals surface area contributed by atoms with Gasteiger partial charge in [-0.05, 0) is 31.4 Å². The molecule has 1 atom stereocenters. The Morgan fingerprint density at radius 3 is 2.54 bits per heavy atom. The second kappa shape index (κ2) is 10.1. The van der Waals surface area contributed by atoms with E-state index in [1.54, 1.807) is 4.90 Å². The van der Waals surface area contributed by atoms with Crippen LogP contribution >= 0.6 is 0 Å². The van der Waals surface area contributed by atoms with Crippen LogP contribution in [0.2, 0.25) is 0 Å². The number of ether oxygens (including phenoxy) is 1. The third kappa shape index (κ3) is 5.47. The minimum absolute atomic E-state index is 0.0931. The number of hydrogen-bond donors (Lipinski definition) is 1. The van der Waals surface area contributed by atoms with Gasteiger partial charge in [0.25, 0.3) is 0 Å². The Labute approximate surface area is 166 Å². The molecule has 0 unspecified atom stereocenters. The van der Waals surface area contributed by atoms with Gasteiger partial charge in [-0.25, -0.2) is 9.59 Å². The summed E-state index contributed by atoms with van der Waals surface area (Å²) in [5.41, 5.74) is 1.91. The number of rotatable bonds is 8. The molecule has 0 saturated heterocycles. The third-order valence-electron chi connectivity index (χ3n) is 4.97. The van der Waals surface area contributed by atoms with Crippen molar-refractivity contribution in [3.8, 4) is 0 Å². The van der Waals surface area contributed by atoms with Crippen LogP contribution in [0.5, 0.6) is 0 Å². The van der Waals surface area contributed by atoms with Crippen molar-refractivity contribution < 1.29 is 24.2 Å². The summed E-state index contributed by atoms with van der Waals surface area (Å²) in [5.74, 6) is -1.36. The number of fused-ring (bicyclic) bond motifs is 1. The molecule has 0 aliphatic carbocycles. The first-order chi connectivity index (χ1) is 13.3. The van der Waals surface area contributed by atoms with Gasteiger partial charge in [0.15, 0.2) is 0 Å². The lowest BCUT2D eigenvalue weighted by molar-refractivity contribution is -0.145. The maximum Gasteiger partial charge on any atom is 0.326 e. The molecule has 0 bridgehead atoms. The summed E-state index contributed by atoms with van der Waals surface area (Å²) in [4.78, 5) is 39.8. The average molecular weight is 390 g/mol. The molecule has 0 spiro atoms. The number of nitrogens with zero attached hydrogens (tertiary/aromatic N) is 2. The lowest BCUT2D eigenvalue weighted by atomic mass is 9.94. The van der Waals surface area contributed by atoms with Crippen molar-refractivity contribution in [2.24, 2.45) is 0 Å². The molecule has 0 fully saturated rings. The zero-order chi connectivity index (χ0) is 20.7. The summed E-state index contributed by atoms with van der Waals surface area (Å²) in [6.07, 6.45) is 2.13. The molecule has 2 rings (SSSR count). The van der Waals surface area contributed by atoms with E-state index in [1.165, 1.54) is 4.90 Å². The first-order valence-electron chi connectivity index (χ1n) is 9.87. The summed E-state index contributed by atoms with van der Waals surface area (Å²) in [6.45, 7) is 6.56. The van der Waals surface area contributed by atoms with E-state index in [-0.39, 0.29) is 44.0 Å². The second-order valence-corrected chi connectivity index (χ2v) is 7.35. The predicted molar refractivity (Wildman–Crippen MR) is 105 cm³/mol. The van der Waals surface area contributed by atoms with Crippen molar-refractivity contribution in [1.29, 1.82) is 0 Å². The molecule has 154 valence electrons. The Hall–Kier alpha value is -2.57. The maximum absolute atomic E-state index is 13.2. The average Bonchev–Trinajstić information content (AvgIpc) is 2.66. The standard InChI is InChI=1S/C21H30N2O5/c1-4-5-12-28-19(24)10-11-22(15(2)3)21(27)23-14-17-9-7-6-8-16(17)13-18(23)20(25)26/h6-9,15,18H,4-5,10-14H2,1-3H3,(H,25,26)/t18-/m0/s1. The number of unbranched alkanes of at least 4 members (excludes halogenated alkanes) is 1. The summed E-state index contributed by atoms with van der Waals surface area (Å²) in [6, 6.07) is 6.13. The Bertz CT molecular complexity index is 704. The van der Waals surface area contributed by atoms with E-state index in [4.69, 9.17) is 4.74 Å². The monoisotopic (exact) mass is 390 g/mol. The molecule has 28 heavy (non-hydrogen) atoms. The van der Waals surface area contributed by atoms with Crippen LogP contribution < -0.4 is 0 Å². The number of aliphatic carboxylic acids is 1. The highest BCUT2D eigenvalue weighted by molar-refractivity contribution is 5.84. The highest BCUT2D eigenvalue weighted by atomic mass is 16.5. The number of carbonyl (C=O) groups is 3. The van der Waals surface area contributed by atoms with E-state index in [1.807, 2.05) is 45.0 Å². The van der Waals surface area contributed by atoms with Gasteiger partial charge in [-0.1, -0.05) is 37.6 Å². The van der Waals surface area contributed by atoms with Gasteiger partial charge < -0.3 is 19.6 Å². The zero-order valence-electron chi connectivity index (χ0n) is 16.9. The third-order valence-corrected chi connectivity index (χ3v) is 4.97. The van der Waals surface area contributed by atoms with Gasteiger partial charge in [0.05, 0.1) is 13.0 Å². The minimum atomic E-state index is -1.02. The van der Waals surface area contributed by atoms with Gasteiger partial charge in [0.2, 0.25) is 0 Å². The van der Waals surface area contributed by atoms with Crippen molar-refractivity contribution >= 4 is 18.0 Å². The highest BCUT2D eigenvalue weighted by Crippen LogP contribution is 2.25. The van der Waals surface area contributed by atoms with Crippen molar-refractivity contribution in [2.75, 3.05) is 13.2 Å². The summed E-state index contributed by atoms with van der Waals surface area (Å²) in [5, 5.41) is 9.66. The van der Waals surface area contributed by atoms with E-state index in [0.29, 0.717) is 6.61 Å². The number of carboxylic acid groups (broad SMARTS) is 1. The van der Waals surface area contributed by atoms with Crippen LogP contribution in [-0.2, 0) is 27.3 Å². The molecule has 7 heteroatoms. The van der Waals surface area contributed by atoms with Crippen LogP contribution in [0.3, 0.4) is 0 Å². The Kier molecular flexibility index (Phi) is 7.84. The number of benzene rings is 1. The SMILES string of the molecule is CCCCOC(=O)CCN(C(=O)N1Cc2ccccc2C[C@H]1C(=O)O)C(C)C. The van der Waals surface area contributed by atoms with E-state index in [9.17, 15) is 19.5 Å². The van der Waals surface area contributed by atoms with Crippen LogP contribution in [0, 0.1) is 0 Å². The van der Waals surface area contributed by atoms with Crippen molar-refractivity contribution in [1.82, 2.24) is 9.80 Å². The van der Waals surface area contributed by atoms with E-state index >= 15 is 0 Å². The number of amides is 2. The summed E-state index contributed by atoms with van der Waals surface area (Å²) < 4.78 is 5.16. The zero-order valence-corrected chi connectivity index (χ0v) is 16.9. The van der Waals surface area contributed by atoms with Crippen molar-refractivity contribution in [3.63, 3.8) is 0 Å². The normalized spacial score (nSPS) is 15.9. The number of esters is 1. The number of carbonyl (C=O) groups excluding carboxylic acids is 2. The van der Waals surface area contributed by atoms with Gasteiger partial charge >= 0.3 is 18.0 Å². The molecule has 1 aliphatic rings. The van der Waals surface area contributed by atoms with Crippen molar-refractivity contribution in [3.05, 3.63) is 35.4 Å². The van der Waals surface area contributed by atoms with Crippen LogP contribution in [-0.4, -0.2) is 58.1 Å². The maximum atomic E-state index is 13.2. The predicted octanol–water partition coefficient (Wildman–Crippen LogP) is 3.06.